The zero-order valence-electron chi connectivity index (χ0n) is 13.4. The summed E-state index contributed by atoms with van der Waals surface area (Å²) in [5.74, 6) is 1.02. The quantitative estimate of drug-likeness (QED) is 0.937. The second kappa shape index (κ2) is 6.83. The van der Waals surface area contributed by atoms with Crippen LogP contribution in [-0.2, 0) is 11.3 Å². The van der Waals surface area contributed by atoms with Crippen LogP contribution in [0.4, 0.5) is 5.82 Å². The summed E-state index contributed by atoms with van der Waals surface area (Å²) in [6, 6.07) is 7.29. The third-order valence-corrected chi connectivity index (χ3v) is 3.75. The number of hydrogen-bond donors (Lipinski definition) is 1. The van der Waals surface area contributed by atoms with Crippen molar-refractivity contribution >= 4 is 11.7 Å². The molecule has 0 aromatic carbocycles. The minimum atomic E-state index is -0.227. The van der Waals surface area contributed by atoms with E-state index in [1.54, 1.807) is 18.3 Å². The average molecular weight is 315 g/mol. The monoisotopic (exact) mass is 315 g/mol. The van der Waals surface area contributed by atoms with Gasteiger partial charge < -0.3 is 19.4 Å². The Labute approximate surface area is 135 Å². The summed E-state index contributed by atoms with van der Waals surface area (Å²) in [6.45, 7) is 6.24. The zero-order valence-corrected chi connectivity index (χ0v) is 13.4. The number of ether oxygens (including phenoxy) is 1. The third-order valence-electron chi connectivity index (χ3n) is 3.75. The summed E-state index contributed by atoms with van der Waals surface area (Å²) in [4.78, 5) is 18.6. The number of rotatable bonds is 4. The zero-order chi connectivity index (χ0) is 16.2. The number of carbonyl (C=O) groups is 1. The van der Waals surface area contributed by atoms with Crippen molar-refractivity contribution in [3.8, 4) is 0 Å². The first kappa shape index (κ1) is 15.6. The molecule has 2 atom stereocenters. The predicted octanol–water partition coefficient (Wildman–Crippen LogP) is 2.22. The summed E-state index contributed by atoms with van der Waals surface area (Å²) in [7, 11) is 0. The molecule has 1 amide bonds. The fraction of sp³-hybridized carbons (Fsp3) is 0.412. The van der Waals surface area contributed by atoms with Gasteiger partial charge in [0.25, 0.3) is 5.91 Å². The summed E-state index contributed by atoms with van der Waals surface area (Å²) < 4.78 is 10.8. The van der Waals surface area contributed by atoms with Crippen molar-refractivity contribution in [2.45, 2.75) is 32.6 Å². The van der Waals surface area contributed by atoms with Crippen LogP contribution in [0.2, 0.25) is 0 Å². The van der Waals surface area contributed by atoms with Gasteiger partial charge in [-0.25, -0.2) is 4.98 Å². The fourth-order valence-electron chi connectivity index (χ4n) is 2.75. The fourth-order valence-corrected chi connectivity index (χ4v) is 2.75. The second-order valence-electron chi connectivity index (χ2n) is 5.85. The number of nitrogens with zero attached hydrogens (tertiary/aromatic N) is 2. The van der Waals surface area contributed by atoms with Crippen LogP contribution in [-0.4, -0.2) is 36.2 Å². The average Bonchev–Trinajstić information content (AvgIpc) is 3.07. The SMILES string of the molecule is CC1CN(c2ccc(CNC(=O)c3ccco3)cn2)CC(C)O1. The maximum Gasteiger partial charge on any atom is 0.287 e. The van der Waals surface area contributed by atoms with Crippen LogP contribution in [0.3, 0.4) is 0 Å². The third kappa shape index (κ3) is 3.90. The lowest BCUT2D eigenvalue weighted by atomic mass is 10.2. The molecule has 1 aliphatic rings. The van der Waals surface area contributed by atoms with Crippen LogP contribution in [0.15, 0.2) is 41.1 Å². The number of nitrogens with one attached hydrogen (secondary N) is 1. The van der Waals surface area contributed by atoms with Gasteiger partial charge in [-0.1, -0.05) is 6.07 Å². The topological polar surface area (TPSA) is 67.6 Å². The van der Waals surface area contributed by atoms with Gasteiger partial charge in [0.05, 0.1) is 18.5 Å². The van der Waals surface area contributed by atoms with Gasteiger partial charge >= 0.3 is 0 Å². The highest BCUT2D eigenvalue weighted by molar-refractivity contribution is 5.91. The van der Waals surface area contributed by atoms with Gasteiger partial charge in [-0.15, -0.1) is 0 Å². The van der Waals surface area contributed by atoms with Crippen molar-refractivity contribution in [2.24, 2.45) is 0 Å². The van der Waals surface area contributed by atoms with E-state index in [1.807, 2.05) is 12.1 Å². The highest BCUT2D eigenvalue weighted by Gasteiger charge is 2.22. The van der Waals surface area contributed by atoms with Crippen LogP contribution >= 0.6 is 0 Å². The lowest BCUT2D eigenvalue weighted by Gasteiger charge is -2.36. The van der Waals surface area contributed by atoms with Crippen molar-refractivity contribution in [2.75, 3.05) is 18.0 Å². The second-order valence-corrected chi connectivity index (χ2v) is 5.85. The molecule has 0 aliphatic carbocycles. The van der Waals surface area contributed by atoms with E-state index >= 15 is 0 Å². The van der Waals surface area contributed by atoms with Crippen LogP contribution in [0.1, 0.15) is 30.0 Å². The van der Waals surface area contributed by atoms with Crippen LogP contribution in [0.25, 0.3) is 0 Å². The summed E-state index contributed by atoms with van der Waals surface area (Å²) in [6.07, 6.45) is 3.68. The lowest BCUT2D eigenvalue weighted by molar-refractivity contribution is -0.00546. The van der Waals surface area contributed by atoms with E-state index in [0.717, 1.165) is 24.5 Å². The molecule has 2 aromatic rings. The molecule has 1 aliphatic heterocycles. The Bertz CT molecular complexity index is 630. The standard InChI is InChI=1S/C17H21N3O3/c1-12-10-20(11-13(2)23-12)16-6-5-14(8-18-16)9-19-17(21)15-4-3-7-22-15/h3-8,12-13H,9-11H2,1-2H3,(H,19,21). The first-order valence-corrected chi connectivity index (χ1v) is 7.79. The molecule has 23 heavy (non-hydrogen) atoms. The Morgan fingerprint density at radius 3 is 2.70 bits per heavy atom. The van der Waals surface area contributed by atoms with Gasteiger partial charge in [0.1, 0.15) is 5.82 Å². The minimum Gasteiger partial charge on any atom is -0.459 e. The van der Waals surface area contributed by atoms with E-state index < -0.39 is 0 Å². The van der Waals surface area contributed by atoms with Crippen molar-refractivity contribution in [3.05, 3.63) is 48.0 Å². The Balaban J connectivity index is 1.58. The number of anilines is 1. The maximum absolute atomic E-state index is 11.8. The number of pyridine rings is 1. The van der Waals surface area contributed by atoms with Crippen LogP contribution in [0, 0.1) is 0 Å². The first-order valence-electron chi connectivity index (χ1n) is 7.79. The number of morpholine rings is 1. The Morgan fingerprint density at radius 1 is 1.30 bits per heavy atom. The molecule has 2 unspecified atom stereocenters. The lowest BCUT2D eigenvalue weighted by Crippen LogP contribution is -2.45. The van der Waals surface area contributed by atoms with Crippen molar-refractivity contribution in [3.63, 3.8) is 0 Å². The van der Waals surface area contributed by atoms with Crippen molar-refractivity contribution in [1.29, 1.82) is 0 Å². The molecule has 1 saturated heterocycles. The molecular formula is C17H21N3O3. The molecule has 0 spiro atoms. The molecular weight excluding hydrogens is 294 g/mol. The molecule has 3 rings (SSSR count). The molecule has 6 nitrogen and oxygen atoms in total. The van der Waals surface area contributed by atoms with Gasteiger partial charge in [-0.3, -0.25) is 4.79 Å². The molecule has 0 saturated carbocycles. The van der Waals surface area contributed by atoms with E-state index in [-0.39, 0.29) is 18.1 Å². The normalized spacial score (nSPS) is 21.2. The highest BCUT2D eigenvalue weighted by Crippen LogP contribution is 2.18. The number of carbonyl (C=O) groups excluding carboxylic acids is 1. The Morgan fingerprint density at radius 2 is 2.09 bits per heavy atom. The molecule has 6 heteroatoms. The van der Waals surface area contributed by atoms with Crippen molar-refractivity contribution in [1.82, 2.24) is 10.3 Å². The number of amides is 1. The molecule has 1 N–H and O–H groups in total. The summed E-state index contributed by atoms with van der Waals surface area (Å²) in [5.41, 5.74) is 0.947. The summed E-state index contributed by atoms with van der Waals surface area (Å²) in [5, 5.41) is 2.81. The number of aromatic nitrogens is 1. The van der Waals surface area contributed by atoms with Gasteiger partial charge in [-0.2, -0.15) is 0 Å². The number of hydrogen-bond acceptors (Lipinski definition) is 5. The Kier molecular flexibility index (Phi) is 4.62. The summed E-state index contributed by atoms with van der Waals surface area (Å²) >= 11 is 0. The molecule has 1 fully saturated rings. The Hall–Kier alpha value is -2.34. The predicted molar refractivity (Wildman–Crippen MR) is 86.3 cm³/mol. The molecule has 0 radical (unpaired) electrons. The van der Waals surface area contributed by atoms with E-state index in [9.17, 15) is 4.79 Å². The van der Waals surface area contributed by atoms with Crippen LogP contribution in [0.5, 0.6) is 0 Å². The van der Waals surface area contributed by atoms with E-state index in [4.69, 9.17) is 9.15 Å². The molecule has 0 bridgehead atoms. The molecule has 122 valence electrons. The van der Waals surface area contributed by atoms with Crippen LogP contribution < -0.4 is 10.2 Å². The maximum atomic E-state index is 11.8. The largest absolute Gasteiger partial charge is 0.459 e. The number of furan rings is 1. The molecule has 2 aromatic heterocycles. The van der Waals surface area contributed by atoms with E-state index in [1.165, 1.54) is 6.26 Å². The van der Waals surface area contributed by atoms with Gasteiger partial charge in [0.2, 0.25) is 0 Å². The first-order chi connectivity index (χ1) is 11.1. The van der Waals surface area contributed by atoms with Crippen molar-refractivity contribution < 1.29 is 13.9 Å². The van der Waals surface area contributed by atoms with Gasteiger partial charge in [0, 0.05) is 25.8 Å². The van der Waals surface area contributed by atoms with E-state index in [0.29, 0.717) is 12.3 Å². The highest BCUT2D eigenvalue weighted by atomic mass is 16.5. The van der Waals surface area contributed by atoms with Gasteiger partial charge in [0.15, 0.2) is 5.76 Å². The minimum absolute atomic E-state index is 0.202. The smallest absolute Gasteiger partial charge is 0.287 e. The van der Waals surface area contributed by atoms with Gasteiger partial charge in [-0.05, 0) is 37.6 Å². The molecule has 3 heterocycles. The van der Waals surface area contributed by atoms with E-state index in [2.05, 4.69) is 29.0 Å².